The standard InChI is InChI=1S/C16H18O2/c1-2-18-15-11-8-13(9-12-15)7-10-14-5-3-4-6-16(14)17/h3-6,8-9,11-12,17H,2,7,10H2,1H3. The molecular weight excluding hydrogens is 224 g/mol. The lowest BCUT2D eigenvalue weighted by molar-refractivity contribution is 0.340. The van der Waals surface area contributed by atoms with Crippen molar-refractivity contribution in [2.75, 3.05) is 6.61 Å². The highest BCUT2D eigenvalue weighted by atomic mass is 16.5. The van der Waals surface area contributed by atoms with Crippen molar-refractivity contribution in [3.8, 4) is 11.5 Å². The summed E-state index contributed by atoms with van der Waals surface area (Å²) >= 11 is 0. The maximum absolute atomic E-state index is 9.68. The molecule has 0 spiro atoms. The number of hydrogen-bond donors (Lipinski definition) is 1. The molecule has 0 aliphatic heterocycles. The molecule has 2 heteroatoms. The number of phenols is 1. The van der Waals surface area contributed by atoms with Crippen LogP contribution in [-0.4, -0.2) is 11.7 Å². The number of phenolic OH excluding ortho intramolecular Hbond substituents is 1. The van der Waals surface area contributed by atoms with Gasteiger partial charge in [-0.25, -0.2) is 0 Å². The first kappa shape index (κ1) is 12.5. The molecule has 0 saturated carbocycles. The van der Waals surface area contributed by atoms with Crippen molar-refractivity contribution >= 4 is 0 Å². The zero-order valence-electron chi connectivity index (χ0n) is 10.6. The molecule has 2 aromatic carbocycles. The summed E-state index contributed by atoms with van der Waals surface area (Å²) in [6.45, 7) is 2.67. The zero-order chi connectivity index (χ0) is 12.8. The summed E-state index contributed by atoms with van der Waals surface area (Å²) in [5, 5.41) is 9.68. The molecule has 0 amide bonds. The summed E-state index contributed by atoms with van der Waals surface area (Å²) in [4.78, 5) is 0. The molecule has 0 fully saturated rings. The van der Waals surface area contributed by atoms with Crippen LogP contribution < -0.4 is 4.74 Å². The van der Waals surface area contributed by atoms with Crippen LogP contribution >= 0.6 is 0 Å². The van der Waals surface area contributed by atoms with Crippen molar-refractivity contribution in [3.63, 3.8) is 0 Å². The third-order valence-corrected chi connectivity index (χ3v) is 2.91. The highest BCUT2D eigenvalue weighted by molar-refractivity contribution is 5.33. The molecule has 0 radical (unpaired) electrons. The van der Waals surface area contributed by atoms with Crippen molar-refractivity contribution in [1.82, 2.24) is 0 Å². The highest BCUT2D eigenvalue weighted by Gasteiger charge is 2.01. The van der Waals surface area contributed by atoms with Gasteiger partial charge >= 0.3 is 0 Å². The maximum atomic E-state index is 9.68. The molecule has 0 aliphatic rings. The van der Waals surface area contributed by atoms with Crippen LogP contribution in [0.5, 0.6) is 11.5 Å². The van der Waals surface area contributed by atoms with Gasteiger partial charge in [-0.05, 0) is 49.1 Å². The van der Waals surface area contributed by atoms with E-state index in [1.807, 2.05) is 37.3 Å². The minimum Gasteiger partial charge on any atom is -0.508 e. The number of hydrogen-bond acceptors (Lipinski definition) is 2. The van der Waals surface area contributed by atoms with Gasteiger partial charge < -0.3 is 9.84 Å². The van der Waals surface area contributed by atoms with Gasteiger partial charge in [0.1, 0.15) is 11.5 Å². The quantitative estimate of drug-likeness (QED) is 0.868. The number of ether oxygens (including phenoxy) is 1. The Morgan fingerprint density at radius 1 is 0.944 bits per heavy atom. The Morgan fingerprint density at radius 3 is 2.33 bits per heavy atom. The van der Waals surface area contributed by atoms with Crippen molar-refractivity contribution in [1.29, 1.82) is 0 Å². The lowest BCUT2D eigenvalue weighted by Gasteiger charge is -2.06. The maximum Gasteiger partial charge on any atom is 0.119 e. The first-order valence-corrected chi connectivity index (χ1v) is 6.28. The molecule has 0 unspecified atom stereocenters. The molecule has 0 heterocycles. The number of aryl methyl sites for hydroxylation is 2. The molecule has 0 aromatic heterocycles. The van der Waals surface area contributed by atoms with Gasteiger partial charge in [-0.2, -0.15) is 0 Å². The normalized spacial score (nSPS) is 10.3. The first-order chi connectivity index (χ1) is 8.79. The second-order valence-electron chi connectivity index (χ2n) is 4.21. The van der Waals surface area contributed by atoms with Crippen molar-refractivity contribution in [2.24, 2.45) is 0 Å². The molecule has 18 heavy (non-hydrogen) atoms. The summed E-state index contributed by atoms with van der Waals surface area (Å²) in [6.07, 6.45) is 1.77. The molecule has 0 atom stereocenters. The molecule has 94 valence electrons. The second-order valence-corrected chi connectivity index (χ2v) is 4.21. The average molecular weight is 242 g/mol. The van der Waals surface area contributed by atoms with E-state index in [1.165, 1.54) is 5.56 Å². The fourth-order valence-electron chi connectivity index (χ4n) is 1.92. The lowest BCUT2D eigenvalue weighted by atomic mass is 10.0. The predicted octanol–water partition coefficient (Wildman–Crippen LogP) is 3.58. The van der Waals surface area contributed by atoms with E-state index < -0.39 is 0 Å². The number of aromatic hydroxyl groups is 1. The van der Waals surface area contributed by atoms with Crippen LogP contribution in [0.4, 0.5) is 0 Å². The predicted molar refractivity (Wildman–Crippen MR) is 73.1 cm³/mol. The number of para-hydroxylation sites is 1. The molecule has 2 nitrogen and oxygen atoms in total. The van der Waals surface area contributed by atoms with E-state index in [4.69, 9.17) is 4.74 Å². The van der Waals surface area contributed by atoms with E-state index in [2.05, 4.69) is 12.1 Å². The molecule has 0 saturated heterocycles. The van der Waals surface area contributed by atoms with Gasteiger partial charge in [-0.1, -0.05) is 30.3 Å². The van der Waals surface area contributed by atoms with Gasteiger partial charge in [0.25, 0.3) is 0 Å². The van der Waals surface area contributed by atoms with Gasteiger partial charge in [0.15, 0.2) is 0 Å². The summed E-state index contributed by atoms with van der Waals surface area (Å²) in [5.74, 6) is 1.28. The Morgan fingerprint density at radius 2 is 1.67 bits per heavy atom. The van der Waals surface area contributed by atoms with Gasteiger partial charge in [-0.15, -0.1) is 0 Å². The highest BCUT2D eigenvalue weighted by Crippen LogP contribution is 2.19. The van der Waals surface area contributed by atoms with Gasteiger partial charge in [0.05, 0.1) is 6.61 Å². The second kappa shape index (κ2) is 6.10. The fourth-order valence-corrected chi connectivity index (χ4v) is 1.92. The summed E-state index contributed by atoms with van der Waals surface area (Å²) in [5.41, 5.74) is 2.24. The van der Waals surface area contributed by atoms with Crippen LogP contribution in [0.2, 0.25) is 0 Å². The molecule has 2 rings (SSSR count). The van der Waals surface area contributed by atoms with Crippen LogP contribution in [0.1, 0.15) is 18.1 Å². The Bertz CT molecular complexity index is 489. The Kier molecular flexibility index (Phi) is 4.24. The van der Waals surface area contributed by atoms with E-state index >= 15 is 0 Å². The van der Waals surface area contributed by atoms with E-state index in [-0.39, 0.29) is 0 Å². The third-order valence-electron chi connectivity index (χ3n) is 2.91. The van der Waals surface area contributed by atoms with Gasteiger partial charge in [0, 0.05) is 0 Å². The Hall–Kier alpha value is -1.96. The SMILES string of the molecule is CCOc1ccc(CCc2ccccc2O)cc1. The van der Waals surface area contributed by atoms with E-state index in [9.17, 15) is 5.11 Å². The lowest BCUT2D eigenvalue weighted by Crippen LogP contribution is -1.94. The van der Waals surface area contributed by atoms with Gasteiger partial charge in [0.2, 0.25) is 0 Å². The van der Waals surface area contributed by atoms with Crippen LogP contribution in [0.15, 0.2) is 48.5 Å². The van der Waals surface area contributed by atoms with E-state index in [0.717, 1.165) is 24.2 Å². The third kappa shape index (κ3) is 3.27. The minimum atomic E-state index is 0.378. The monoisotopic (exact) mass is 242 g/mol. The van der Waals surface area contributed by atoms with E-state index in [1.54, 1.807) is 6.07 Å². The largest absolute Gasteiger partial charge is 0.508 e. The van der Waals surface area contributed by atoms with Crippen LogP contribution in [0, 0.1) is 0 Å². The summed E-state index contributed by atoms with van der Waals surface area (Å²) < 4.78 is 5.40. The van der Waals surface area contributed by atoms with Crippen LogP contribution in [0.3, 0.4) is 0 Å². The summed E-state index contributed by atoms with van der Waals surface area (Å²) in [7, 11) is 0. The molecule has 1 N–H and O–H groups in total. The molecule has 0 aliphatic carbocycles. The van der Waals surface area contributed by atoms with E-state index in [0.29, 0.717) is 12.4 Å². The Balaban J connectivity index is 1.96. The van der Waals surface area contributed by atoms with Gasteiger partial charge in [-0.3, -0.25) is 0 Å². The first-order valence-electron chi connectivity index (χ1n) is 6.28. The zero-order valence-corrected chi connectivity index (χ0v) is 10.6. The van der Waals surface area contributed by atoms with Crippen LogP contribution in [-0.2, 0) is 12.8 Å². The van der Waals surface area contributed by atoms with Crippen molar-refractivity contribution in [3.05, 3.63) is 59.7 Å². The Labute approximate surface area is 108 Å². The number of benzene rings is 2. The fraction of sp³-hybridized carbons (Fsp3) is 0.250. The molecule has 2 aromatic rings. The summed E-state index contributed by atoms with van der Waals surface area (Å²) in [6, 6.07) is 15.6. The topological polar surface area (TPSA) is 29.5 Å². The van der Waals surface area contributed by atoms with Crippen LogP contribution in [0.25, 0.3) is 0 Å². The van der Waals surface area contributed by atoms with Crippen molar-refractivity contribution in [2.45, 2.75) is 19.8 Å². The molecular formula is C16H18O2. The van der Waals surface area contributed by atoms with Crippen molar-refractivity contribution < 1.29 is 9.84 Å². The minimum absolute atomic E-state index is 0.378. The average Bonchev–Trinajstić information content (AvgIpc) is 2.40. The smallest absolute Gasteiger partial charge is 0.119 e. The molecule has 0 bridgehead atoms. The number of rotatable bonds is 5.